The third-order valence-electron chi connectivity index (χ3n) is 2.61. The third-order valence-corrected chi connectivity index (χ3v) is 3.68. The average molecular weight is 267 g/mol. The summed E-state index contributed by atoms with van der Waals surface area (Å²) < 4.78 is 0. The normalized spacial score (nSPS) is 12.2. The molecule has 0 unspecified atom stereocenters. The molecule has 1 heterocycles. The van der Waals surface area contributed by atoms with Gasteiger partial charge >= 0.3 is 0 Å². The van der Waals surface area contributed by atoms with Gasteiger partial charge in [0.2, 0.25) is 0 Å². The highest BCUT2D eigenvalue weighted by Crippen LogP contribution is 2.26. The van der Waals surface area contributed by atoms with Gasteiger partial charge in [-0.15, -0.1) is 11.8 Å². The lowest BCUT2D eigenvalue weighted by Gasteiger charge is -2.12. The number of rotatable bonds is 5. The number of hydrogen-bond acceptors (Lipinski definition) is 4. The number of nitrogens with zero attached hydrogens (tertiary/aromatic N) is 2. The molecule has 0 aliphatic rings. The lowest BCUT2D eigenvalue weighted by molar-refractivity contribution is 0.318. The average Bonchev–Trinajstić information content (AvgIpc) is 2.27. The van der Waals surface area contributed by atoms with Gasteiger partial charge in [0.25, 0.3) is 0 Å². The molecule has 0 fully saturated rings. The number of aromatic nitrogens is 1. The standard InChI is InChI=1S/C13H21N3OS/c1-8(2)5-6-18-11-7-9(3)15-10(4)12(11)13(14)16-17/h7-8,17H,5-6H2,1-4H3,(H2,14,16). The Hall–Kier alpha value is -1.23. The van der Waals surface area contributed by atoms with Crippen LogP contribution in [0.25, 0.3) is 0 Å². The Labute approximate surface area is 113 Å². The quantitative estimate of drug-likeness (QED) is 0.283. The minimum Gasteiger partial charge on any atom is -0.409 e. The largest absolute Gasteiger partial charge is 0.409 e. The van der Waals surface area contributed by atoms with Crippen molar-refractivity contribution in [1.29, 1.82) is 0 Å². The fourth-order valence-corrected chi connectivity index (χ4v) is 3.13. The topological polar surface area (TPSA) is 71.5 Å². The van der Waals surface area contributed by atoms with Crippen LogP contribution in [0.2, 0.25) is 0 Å². The van der Waals surface area contributed by atoms with Gasteiger partial charge in [-0.1, -0.05) is 19.0 Å². The van der Waals surface area contributed by atoms with E-state index in [-0.39, 0.29) is 5.84 Å². The van der Waals surface area contributed by atoms with Crippen molar-refractivity contribution in [2.75, 3.05) is 5.75 Å². The second-order valence-corrected chi connectivity index (χ2v) is 5.88. The van der Waals surface area contributed by atoms with Gasteiger partial charge in [0.1, 0.15) is 0 Å². The predicted octanol–water partition coefficient (Wildman–Crippen LogP) is 2.93. The molecule has 0 spiro atoms. The Kier molecular flexibility index (Phi) is 5.47. The van der Waals surface area contributed by atoms with Crippen LogP contribution in [0.4, 0.5) is 0 Å². The number of oxime groups is 1. The molecule has 0 aromatic carbocycles. The van der Waals surface area contributed by atoms with Crippen molar-refractivity contribution in [1.82, 2.24) is 4.98 Å². The van der Waals surface area contributed by atoms with Crippen LogP contribution in [-0.2, 0) is 0 Å². The molecule has 0 saturated carbocycles. The third kappa shape index (κ3) is 3.91. The van der Waals surface area contributed by atoms with Gasteiger partial charge in [-0.2, -0.15) is 0 Å². The number of hydrogen-bond donors (Lipinski definition) is 2. The summed E-state index contributed by atoms with van der Waals surface area (Å²) >= 11 is 1.74. The van der Waals surface area contributed by atoms with Crippen molar-refractivity contribution in [3.05, 3.63) is 23.0 Å². The molecule has 1 rings (SSSR count). The molecule has 0 aliphatic carbocycles. The summed E-state index contributed by atoms with van der Waals surface area (Å²) in [5, 5.41) is 11.9. The molecule has 0 amide bonds. The fourth-order valence-electron chi connectivity index (χ4n) is 1.67. The molecule has 0 radical (unpaired) electrons. The lowest BCUT2D eigenvalue weighted by Crippen LogP contribution is -2.17. The van der Waals surface area contributed by atoms with Gasteiger partial charge in [0, 0.05) is 16.3 Å². The van der Waals surface area contributed by atoms with Gasteiger partial charge in [0.15, 0.2) is 5.84 Å². The van der Waals surface area contributed by atoms with E-state index >= 15 is 0 Å². The zero-order chi connectivity index (χ0) is 13.7. The van der Waals surface area contributed by atoms with E-state index < -0.39 is 0 Å². The maximum atomic E-state index is 8.85. The molecule has 0 bridgehead atoms. The van der Waals surface area contributed by atoms with E-state index in [4.69, 9.17) is 10.9 Å². The molecule has 100 valence electrons. The zero-order valence-electron chi connectivity index (χ0n) is 11.4. The Morgan fingerprint density at radius 3 is 2.72 bits per heavy atom. The van der Waals surface area contributed by atoms with Crippen LogP contribution < -0.4 is 5.73 Å². The molecular formula is C13H21N3OS. The number of pyridine rings is 1. The van der Waals surface area contributed by atoms with Crippen molar-refractivity contribution in [2.45, 2.75) is 39.0 Å². The first-order valence-electron chi connectivity index (χ1n) is 6.04. The number of thioether (sulfide) groups is 1. The smallest absolute Gasteiger partial charge is 0.173 e. The minimum absolute atomic E-state index is 0.132. The maximum Gasteiger partial charge on any atom is 0.173 e. The fraction of sp³-hybridized carbons (Fsp3) is 0.538. The number of nitrogens with two attached hydrogens (primary N) is 1. The molecule has 3 N–H and O–H groups in total. The summed E-state index contributed by atoms with van der Waals surface area (Å²) in [6.07, 6.45) is 1.14. The summed E-state index contributed by atoms with van der Waals surface area (Å²) in [5.41, 5.74) is 8.23. The monoisotopic (exact) mass is 267 g/mol. The first kappa shape index (κ1) is 14.8. The van der Waals surface area contributed by atoms with Crippen LogP contribution in [0.3, 0.4) is 0 Å². The molecule has 1 aromatic heterocycles. The minimum atomic E-state index is 0.132. The van der Waals surface area contributed by atoms with Crippen molar-refractivity contribution < 1.29 is 5.21 Å². The Morgan fingerprint density at radius 1 is 1.50 bits per heavy atom. The van der Waals surface area contributed by atoms with Crippen LogP contribution in [0, 0.1) is 19.8 Å². The molecule has 5 heteroatoms. The summed E-state index contributed by atoms with van der Waals surface area (Å²) in [5.74, 6) is 1.83. The summed E-state index contributed by atoms with van der Waals surface area (Å²) in [6, 6.07) is 1.99. The first-order chi connectivity index (χ1) is 8.45. The second-order valence-electron chi connectivity index (χ2n) is 4.74. The van der Waals surface area contributed by atoms with Crippen molar-refractivity contribution in [3.63, 3.8) is 0 Å². The first-order valence-corrected chi connectivity index (χ1v) is 7.03. The van der Waals surface area contributed by atoms with E-state index in [9.17, 15) is 0 Å². The van der Waals surface area contributed by atoms with Crippen LogP contribution in [0.5, 0.6) is 0 Å². The van der Waals surface area contributed by atoms with Crippen LogP contribution in [-0.4, -0.2) is 21.8 Å². The molecular weight excluding hydrogens is 246 g/mol. The molecule has 4 nitrogen and oxygen atoms in total. The van der Waals surface area contributed by atoms with Gasteiger partial charge in [-0.25, -0.2) is 0 Å². The number of aryl methyl sites for hydroxylation is 2. The highest BCUT2D eigenvalue weighted by Gasteiger charge is 2.13. The lowest BCUT2D eigenvalue weighted by atomic mass is 10.1. The van der Waals surface area contributed by atoms with Crippen molar-refractivity contribution in [3.8, 4) is 0 Å². The molecule has 0 saturated heterocycles. The molecule has 0 aliphatic heterocycles. The molecule has 0 atom stereocenters. The van der Waals surface area contributed by atoms with E-state index in [0.717, 1.165) is 34.0 Å². The van der Waals surface area contributed by atoms with Crippen LogP contribution in [0.15, 0.2) is 16.1 Å². The van der Waals surface area contributed by atoms with Crippen LogP contribution in [0.1, 0.15) is 37.2 Å². The second kappa shape index (κ2) is 6.64. The van der Waals surface area contributed by atoms with Crippen molar-refractivity contribution in [2.24, 2.45) is 16.8 Å². The van der Waals surface area contributed by atoms with Crippen molar-refractivity contribution >= 4 is 17.6 Å². The Morgan fingerprint density at radius 2 is 2.17 bits per heavy atom. The Bertz CT molecular complexity index is 444. The van der Waals surface area contributed by atoms with Gasteiger partial charge in [-0.05, 0) is 38.0 Å². The maximum absolute atomic E-state index is 8.85. The summed E-state index contributed by atoms with van der Waals surface area (Å²) in [7, 11) is 0. The number of amidine groups is 1. The summed E-state index contributed by atoms with van der Waals surface area (Å²) in [4.78, 5) is 5.40. The van der Waals surface area contributed by atoms with E-state index in [0.29, 0.717) is 5.92 Å². The Balaban J connectivity index is 3.00. The van der Waals surface area contributed by atoms with E-state index in [2.05, 4.69) is 24.0 Å². The van der Waals surface area contributed by atoms with Crippen LogP contribution >= 0.6 is 11.8 Å². The van der Waals surface area contributed by atoms with Gasteiger partial charge in [0.05, 0.1) is 5.56 Å². The summed E-state index contributed by atoms with van der Waals surface area (Å²) in [6.45, 7) is 8.24. The predicted molar refractivity (Wildman–Crippen MR) is 76.4 cm³/mol. The van der Waals surface area contributed by atoms with Gasteiger partial charge in [-0.3, -0.25) is 4.98 Å². The van der Waals surface area contributed by atoms with E-state index in [1.54, 1.807) is 11.8 Å². The van der Waals surface area contributed by atoms with Gasteiger partial charge < -0.3 is 10.9 Å². The van der Waals surface area contributed by atoms with E-state index in [1.807, 2.05) is 19.9 Å². The molecule has 1 aromatic rings. The SMILES string of the molecule is Cc1cc(SCCC(C)C)c(/C(N)=N/O)c(C)n1. The highest BCUT2D eigenvalue weighted by atomic mass is 32.2. The van der Waals surface area contributed by atoms with E-state index in [1.165, 1.54) is 0 Å². The zero-order valence-corrected chi connectivity index (χ0v) is 12.2. The molecule has 18 heavy (non-hydrogen) atoms. The highest BCUT2D eigenvalue weighted by molar-refractivity contribution is 7.99.